The van der Waals surface area contributed by atoms with Gasteiger partial charge in [0.2, 0.25) is 0 Å². The van der Waals surface area contributed by atoms with Crippen molar-refractivity contribution in [2.24, 2.45) is 118 Å². The van der Waals surface area contributed by atoms with Crippen LogP contribution in [0.4, 0.5) is 0 Å². The molecule has 0 N–H and O–H groups in total. The van der Waals surface area contributed by atoms with E-state index in [1.54, 1.807) is 0 Å². The van der Waals surface area contributed by atoms with Crippen LogP contribution in [0.5, 0.6) is 0 Å². The molecule has 0 aromatic rings. The van der Waals surface area contributed by atoms with Crippen LogP contribution in [0, 0.1) is 118 Å². The van der Waals surface area contributed by atoms with E-state index in [0.717, 1.165) is 118 Å². The first-order valence-corrected chi connectivity index (χ1v) is 27.1. The first-order chi connectivity index (χ1) is 21.7. The molecule has 4 rings (SSSR count). The minimum absolute atomic E-state index is 0.918. The molecule has 4 saturated carbocycles. The van der Waals surface area contributed by atoms with Gasteiger partial charge in [0.25, 0.3) is 0 Å². The second-order valence-electron chi connectivity index (χ2n) is 18.4. The van der Waals surface area contributed by atoms with Crippen molar-refractivity contribution < 1.29 is 0 Å². The standard InChI is InChI=1S/C19H36.2C10H20.2C3H8.I2/c1-10-11(2)15(6)18(14(10)5)9-19-16(7)12(3)13(4)17(19)8;2*1-6-7(2)9(4)10(5)8(6)3;2*1-3-2;1-2/h10-19H,9H2,1-8H3;2*6-10H,1-5H3;2*3H2,1-2H3;. The smallest absolute Gasteiger partial charge is 0 e. The van der Waals surface area contributed by atoms with E-state index in [-0.39, 0.29) is 0 Å². The first kappa shape index (κ1) is 50.6. The van der Waals surface area contributed by atoms with E-state index in [2.05, 4.69) is 190 Å². The molecule has 47 heavy (non-hydrogen) atoms. The van der Waals surface area contributed by atoms with Crippen LogP contribution in [-0.4, -0.2) is 0 Å². The molecule has 0 nitrogen and oxygen atoms in total. The molecular formula is C45H92I2. The molecule has 0 aromatic carbocycles. The average molecular weight is 887 g/mol. The van der Waals surface area contributed by atoms with Crippen LogP contribution in [0.25, 0.3) is 0 Å². The molecule has 286 valence electrons. The molecule has 0 spiro atoms. The summed E-state index contributed by atoms with van der Waals surface area (Å²) >= 11 is 4.24. The van der Waals surface area contributed by atoms with E-state index in [1.165, 1.54) is 19.3 Å². The molecule has 0 bridgehead atoms. The van der Waals surface area contributed by atoms with Gasteiger partial charge in [0.1, 0.15) is 0 Å². The molecular weight excluding hydrogens is 794 g/mol. The van der Waals surface area contributed by atoms with Crippen LogP contribution in [0.15, 0.2) is 0 Å². The van der Waals surface area contributed by atoms with Crippen molar-refractivity contribution in [1.82, 2.24) is 0 Å². The fraction of sp³-hybridized carbons (Fsp3) is 1.00. The average Bonchev–Trinajstić information content (AvgIpc) is 3.50. The quantitative estimate of drug-likeness (QED) is 0.242. The zero-order chi connectivity index (χ0) is 37.7. The minimum Gasteiger partial charge on any atom is -0.0656 e. The third-order valence-electron chi connectivity index (χ3n) is 16.5. The third kappa shape index (κ3) is 13.4. The Morgan fingerprint density at radius 3 is 0.426 bits per heavy atom. The van der Waals surface area contributed by atoms with Crippen LogP contribution in [0.1, 0.15) is 172 Å². The highest BCUT2D eigenvalue weighted by molar-refractivity contribution is 15.0. The summed E-state index contributed by atoms with van der Waals surface area (Å²) in [4.78, 5) is 0. The van der Waals surface area contributed by atoms with Gasteiger partial charge >= 0.3 is 0 Å². The van der Waals surface area contributed by atoms with Gasteiger partial charge in [0.05, 0.1) is 0 Å². The Morgan fingerprint density at radius 1 is 0.234 bits per heavy atom. The van der Waals surface area contributed by atoms with Crippen LogP contribution in [0.3, 0.4) is 0 Å². The predicted molar refractivity (Wildman–Crippen MR) is 237 cm³/mol. The Kier molecular flexibility index (Phi) is 26.5. The van der Waals surface area contributed by atoms with Gasteiger partial charge in [-0.2, -0.15) is 0 Å². The van der Waals surface area contributed by atoms with Gasteiger partial charge in [-0.1, -0.05) is 165 Å². The molecule has 2 heteroatoms. The SMILES string of the molecule is CC1C(C)C(C)C(C)C1C.CC1C(C)C(C)C(C)C1C.CC1C(C)C(C)C(CC2C(C)C(C)C(C)C2C)C1C.CCC.CCC.II. The topological polar surface area (TPSA) is 0 Å². The number of rotatable bonds is 2. The van der Waals surface area contributed by atoms with Crippen LogP contribution in [-0.2, 0) is 0 Å². The lowest BCUT2D eigenvalue weighted by molar-refractivity contribution is 0.193. The van der Waals surface area contributed by atoms with Crippen molar-refractivity contribution in [2.45, 2.75) is 172 Å². The fourth-order valence-electron chi connectivity index (χ4n) is 10.4. The molecule has 4 aliphatic carbocycles. The number of hydrogen-bond acceptors (Lipinski definition) is 0. The minimum atomic E-state index is 0.918. The van der Waals surface area contributed by atoms with Gasteiger partial charge in [-0.25, -0.2) is 0 Å². The maximum Gasteiger partial charge on any atom is 0 e. The summed E-state index contributed by atoms with van der Waals surface area (Å²) in [5.74, 6) is 18.7. The molecule has 4 fully saturated rings. The lowest BCUT2D eigenvalue weighted by Crippen LogP contribution is -2.22. The highest BCUT2D eigenvalue weighted by atomic mass is 128. The molecule has 0 amide bonds. The van der Waals surface area contributed by atoms with E-state index in [9.17, 15) is 0 Å². The third-order valence-corrected chi connectivity index (χ3v) is 16.5. The Labute approximate surface area is 324 Å². The molecule has 0 radical (unpaired) electrons. The molecule has 8 unspecified atom stereocenters. The molecule has 0 saturated heterocycles. The Morgan fingerprint density at radius 2 is 0.319 bits per heavy atom. The summed E-state index contributed by atoms with van der Waals surface area (Å²) < 4.78 is 0. The number of hydrogen-bond donors (Lipinski definition) is 0. The van der Waals surface area contributed by atoms with Gasteiger partial charge < -0.3 is 0 Å². The Hall–Kier alpha value is 1.46. The van der Waals surface area contributed by atoms with Gasteiger partial charge in [0, 0.05) is 37.2 Å². The van der Waals surface area contributed by atoms with Crippen LogP contribution in [0.2, 0.25) is 0 Å². The van der Waals surface area contributed by atoms with Crippen LogP contribution >= 0.6 is 37.2 Å². The van der Waals surface area contributed by atoms with E-state index in [1.807, 2.05) is 0 Å². The summed E-state index contributed by atoms with van der Waals surface area (Å²) in [6.45, 7) is 52.5. The zero-order valence-corrected chi connectivity index (χ0v) is 40.7. The van der Waals surface area contributed by atoms with Crippen LogP contribution < -0.4 is 0 Å². The van der Waals surface area contributed by atoms with Crippen molar-refractivity contribution in [2.75, 3.05) is 0 Å². The van der Waals surface area contributed by atoms with Gasteiger partial charge in [0.15, 0.2) is 0 Å². The van der Waals surface area contributed by atoms with Gasteiger partial charge in [-0.05, 0) is 125 Å². The lowest BCUT2D eigenvalue weighted by Gasteiger charge is -2.30. The normalized spacial score (nSPS) is 48.3. The van der Waals surface area contributed by atoms with Crippen molar-refractivity contribution >= 4 is 37.2 Å². The van der Waals surface area contributed by atoms with E-state index >= 15 is 0 Å². The van der Waals surface area contributed by atoms with Gasteiger partial charge in [-0.3, -0.25) is 0 Å². The predicted octanol–water partition coefficient (Wildman–Crippen LogP) is 16.7. The molecule has 0 aliphatic heterocycles. The second-order valence-corrected chi connectivity index (χ2v) is 18.4. The van der Waals surface area contributed by atoms with Crippen molar-refractivity contribution in [1.29, 1.82) is 0 Å². The summed E-state index contributed by atoms with van der Waals surface area (Å²) in [6, 6.07) is 0. The Bertz CT molecular complexity index is 585. The maximum absolute atomic E-state index is 2.52. The zero-order valence-electron chi connectivity index (χ0n) is 36.4. The first-order valence-electron chi connectivity index (χ1n) is 20.8. The van der Waals surface area contributed by atoms with Gasteiger partial charge in [-0.15, -0.1) is 0 Å². The number of halogens is 2. The Balaban J connectivity index is 0. The summed E-state index contributed by atoms with van der Waals surface area (Å²) in [5, 5.41) is 0. The maximum atomic E-state index is 2.52. The van der Waals surface area contributed by atoms with Crippen molar-refractivity contribution in [3.8, 4) is 0 Å². The second kappa shape index (κ2) is 24.7. The van der Waals surface area contributed by atoms with E-state index < -0.39 is 0 Å². The van der Waals surface area contributed by atoms with E-state index in [4.69, 9.17) is 0 Å². The highest BCUT2D eigenvalue weighted by Gasteiger charge is 2.47. The molecule has 0 aromatic heterocycles. The lowest BCUT2D eigenvalue weighted by atomic mass is 9.76. The largest absolute Gasteiger partial charge is 0.0656 e. The van der Waals surface area contributed by atoms with Crippen molar-refractivity contribution in [3.63, 3.8) is 0 Å². The van der Waals surface area contributed by atoms with E-state index in [0.29, 0.717) is 0 Å². The monoisotopic (exact) mass is 887 g/mol. The summed E-state index contributed by atoms with van der Waals surface area (Å²) in [5.41, 5.74) is 0. The molecule has 0 heterocycles. The fourth-order valence-corrected chi connectivity index (χ4v) is 10.4. The highest BCUT2D eigenvalue weighted by Crippen LogP contribution is 2.54. The summed E-state index contributed by atoms with van der Waals surface area (Å²) in [6.07, 6.45) is 3.99. The molecule has 4 aliphatic rings. The molecule has 8 atom stereocenters. The summed E-state index contributed by atoms with van der Waals surface area (Å²) in [7, 11) is 0. The van der Waals surface area contributed by atoms with Crippen molar-refractivity contribution in [3.05, 3.63) is 0 Å².